The third kappa shape index (κ3) is 6.72. The van der Waals surface area contributed by atoms with Crippen LogP contribution in [0.25, 0.3) is 0 Å². The first-order valence-corrected chi connectivity index (χ1v) is 13.2. The van der Waals surface area contributed by atoms with Crippen molar-refractivity contribution in [2.24, 2.45) is 5.92 Å². The topological polar surface area (TPSA) is 96.0 Å². The second-order valence-electron chi connectivity index (χ2n) is 10.9. The Morgan fingerprint density at radius 2 is 1.80 bits per heavy atom. The van der Waals surface area contributed by atoms with E-state index in [9.17, 15) is 41.1 Å². The lowest BCUT2D eigenvalue weighted by atomic mass is 9.83. The maximum absolute atomic E-state index is 14.3. The van der Waals surface area contributed by atoms with E-state index < -0.39 is 59.6 Å². The van der Waals surface area contributed by atoms with E-state index in [0.29, 0.717) is 38.2 Å². The van der Waals surface area contributed by atoms with E-state index in [2.05, 4.69) is 0 Å². The molecule has 2 aliphatic rings. The monoisotopic (exact) mass is 575 g/mol. The van der Waals surface area contributed by atoms with Gasteiger partial charge >= 0.3 is 12.6 Å². The molecule has 1 heterocycles. The SMILES string of the molecule is CC(C)N(C(=O)c1cc2c(cc1C(F)(F)F)OC(C)(C)C(=O)N2CCNC(=O)C(F)F)[C@H]1CC[C@@H](CC=O)CC1. The Morgan fingerprint density at radius 3 is 2.33 bits per heavy atom. The lowest BCUT2D eigenvalue weighted by Crippen LogP contribution is -2.54. The fourth-order valence-corrected chi connectivity index (χ4v) is 5.37. The van der Waals surface area contributed by atoms with Gasteiger partial charge < -0.3 is 24.6 Å². The summed E-state index contributed by atoms with van der Waals surface area (Å²) in [6, 6.07) is 0.844. The summed E-state index contributed by atoms with van der Waals surface area (Å²) in [6.45, 7) is 5.34. The Labute approximate surface area is 229 Å². The van der Waals surface area contributed by atoms with Gasteiger partial charge in [-0.3, -0.25) is 14.4 Å². The molecule has 1 aromatic rings. The molecule has 1 saturated carbocycles. The molecule has 8 nitrogen and oxygen atoms in total. The van der Waals surface area contributed by atoms with Crippen molar-refractivity contribution in [1.82, 2.24) is 10.2 Å². The lowest BCUT2D eigenvalue weighted by molar-refractivity contribution is -0.138. The van der Waals surface area contributed by atoms with Crippen molar-refractivity contribution in [2.45, 2.75) is 90.1 Å². The summed E-state index contributed by atoms with van der Waals surface area (Å²) < 4.78 is 73.7. The molecule has 13 heteroatoms. The van der Waals surface area contributed by atoms with Crippen LogP contribution in [-0.2, 0) is 20.6 Å². The molecule has 0 aromatic heterocycles. The Balaban J connectivity index is 2.04. The molecule has 0 radical (unpaired) electrons. The minimum Gasteiger partial charge on any atom is -0.476 e. The molecule has 0 bridgehead atoms. The zero-order chi connectivity index (χ0) is 30.0. The zero-order valence-electron chi connectivity index (χ0n) is 22.8. The lowest BCUT2D eigenvalue weighted by Gasteiger charge is -2.41. The van der Waals surface area contributed by atoms with Crippen LogP contribution < -0.4 is 15.0 Å². The Morgan fingerprint density at radius 1 is 1.18 bits per heavy atom. The molecule has 0 unspecified atom stereocenters. The highest BCUT2D eigenvalue weighted by Crippen LogP contribution is 2.44. The number of hydrogen-bond acceptors (Lipinski definition) is 5. The van der Waals surface area contributed by atoms with Gasteiger partial charge in [0.1, 0.15) is 12.0 Å². The van der Waals surface area contributed by atoms with Crippen LogP contribution in [0.1, 0.15) is 75.7 Å². The van der Waals surface area contributed by atoms with E-state index in [4.69, 9.17) is 4.74 Å². The van der Waals surface area contributed by atoms with E-state index >= 15 is 0 Å². The number of nitrogens with zero attached hydrogens (tertiary/aromatic N) is 2. The van der Waals surface area contributed by atoms with Gasteiger partial charge in [0, 0.05) is 31.6 Å². The standard InChI is InChI=1S/C27H34F5N3O5/c1-15(2)35(17-7-5-16(6-8-17)9-12-36)24(38)18-13-20-21(14-19(18)27(30,31)32)40-26(3,4)25(39)34(20)11-10-33-23(37)22(28)29/h12-17,22H,5-11H2,1-4H3,(H,33,37)/t16-,17+. The molecule has 1 aliphatic carbocycles. The van der Waals surface area contributed by atoms with Crippen LogP contribution in [-0.4, -0.2) is 66.1 Å². The Bertz CT molecular complexity index is 1130. The summed E-state index contributed by atoms with van der Waals surface area (Å²) in [5.74, 6) is -3.25. The smallest absolute Gasteiger partial charge is 0.417 e. The number of carbonyl (C=O) groups excluding carboxylic acids is 4. The number of anilines is 1. The fraction of sp³-hybridized carbons (Fsp3) is 0.630. The molecule has 1 aromatic carbocycles. The van der Waals surface area contributed by atoms with Crippen molar-refractivity contribution >= 4 is 29.7 Å². The number of fused-ring (bicyclic) bond motifs is 1. The van der Waals surface area contributed by atoms with Crippen molar-refractivity contribution in [1.29, 1.82) is 0 Å². The van der Waals surface area contributed by atoms with E-state index in [-0.39, 0.29) is 29.9 Å². The van der Waals surface area contributed by atoms with E-state index in [1.54, 1.807) is 13.8 Å². The van der Waals surface area contributed by atoms with Crippen LogP contribution in [0.3, 0.4) is 0 Å². The first-order valence-electron chi connectivity index (χ1n) is 13.2. The summed E-state index contributed by atoms with van der Waals surface area (Å²) in [7, 11) is 0. The van der Waals surface area contributed by atoms with Gasteiger partial charge in [-0.15, -0.1) is 0 Å². The minimum absolute atomic E-state index is 0.134. The maximum Gasteiger partial charge on any atom is 0.417 e. The van der Waals surface area contributed by atoms with Gasteiger partial charge in [0.25, 0.3) is 17.7 Å². The predicted molar refractivity (Wildman–Crippen MR) is 135 cm³/mol. The number of aldehydes is 1. The number of ether oxygens (including phenoxy) is 1. The average Bonchev–Trinajstić information content (AvgIpc) is 2.85. The van der Waals surface area contributed by atoms with Crippen molar-refractivity contribution in [2.75, 3.05) is 18.0 Å². The molecule has 0 spiro atoms. The second-order valence-corrected chi connectivity index (χ2v) is 10.9. The molecular formula is C27H34F5N3O5. The summed E-state index contributed by atoms with van der Waals surface area (Å²) in [4.78, 5) is 51.6. The maximum atomic E-state index is 14.3. The van der Waals surface area contributed by atoms with Crippen molar-refractivity contribution in [3.63, 3.8) is 0 Å². The number of nitrogens with one attached hydrogen (secondary N) is 1. The quantitative estimate of drug-likeness (QED) is 0.343. The van der Waals surface area contributed by atoms with Gasteiger partial charge in [0.2, 0.25) is 0 Å². The number of amides is 3. The molecule has 1 fully saturated rings. The van der Waals surface area contributed by atoms with Gasteiger partial charge in [0.05, 0.1) is 16.8 Å². The number of hydrogen-bond donors (Lipinski definition) is 1. The number of alkyl halides is 5. The van der Waals surface area contributed by atoms with Crippen LogP contribution in [0, 0.1) is 5.92 Å². The molecule has 3 rings (SSSR count). The zero-order valence-corrected chi connectivity index (χ0v) is 22.8. The van der Waals surface area contributed by atoms with Gasteiger partial charge in [-0.2, -0.15) is 22.0 Å². The second kappa shape index (κ2) is 12.1. The minimum atomic E-state index is -4.94. The molecule has 3 amide bonds. The van der Waals surface area contributed by atoms with E-state index in [0.717, 1.165) is 17.3 Å². The third-order valence-electron chi connectivity index (χ3n) is 7.31. The molecular weight excluding hydrogens is 541 g/mol. The van der Waals surface area contributed by atoms with Gasteiger partial charge in [-0.25, -0.2) is 0 Å². The summed E-state index contributed by atoms with van der Waals surface area (Å²) in [5, 5.41) is 1.97. The van der Waals surface area contributed by atoms with Crippen LogP contribution in [0.5, 0.6) is 5.75 Å². The van der Waals surface area contributed by atoms with Crippen molar-refractivity contribution < 1.29 is 45.9 Å². The number of rotatable bonds is 9. The number of halogens is 5. The molecule has 0 atom stereocenters. The number of carbonyl (C=O) groups is 4. The van der Waals surface area contributed by atoms with Gasteiger partial charge in [-0.1, -0.05) is 0 Å². The van der Waals surface area contributed by atoms with Crippen LogP contribution in [0.4, 0.5) is 27.6 Å². The van der Waals surface area contributed by atoms with Crippen LogP contribution >= 0.6 is 0 Å². The summed E-state index contributed by atoms with van der Waals surface area (Å²) in [6.07, 6.45) is -4.61. The van der Waals surface area contributed by atoms with Gasteiger partial charge in [-0.05, 0) is 71.4 Å². The largest absolute Gasteiger partial charge is 0.476 e. The van der Waals surface area contributed by atoms with Gasteiger partial charge in [0.15, 0.2) is 5.60 Å². The predicted octanol–water partition coefficient (Wildman–Crippen LogP) is 4.59. The molecule has 0 saturated heterocycles. The average molecular weight is 576 g/mol. The normalized spacial score (nSPS) is 20.7. The van der Waals surface area contributed by atoms with E-state index in [1.165, 1.54) is 18.7 Å². The highest BCUT2D eigenvalue weighted by atomic mass is 19.4. The first kappa shape index (κ1) is 31.3. The summed E-state index contributed by atoms with van der Waals surface area (Å²) in [5.41, 5.74) is -3.64. The number of benzene rings is 1. The van der Waals surface area contributed by atoms with Crippen LogP contribution in [0.2, 0.25) is 0 Å². The van der Waals surface area contributed by atoms with Crippen molar-refractivity contribution in [3.05, 3.63) is 23.3 Å². The Hall–Kier alpha value is -3.25. The van der Waals surface area contributed by atoms with E-state index in [1.807, 2.05) is 5.32 Å². The molecule has 1 aliphatic heterocycles. The molecule has 1 N–H and O–H groups in total. The summed E-state index contributed by atoms with van der Waals surface area (Å²) >= 11 is 0. The van der Waals surface area contributed by atoms with Crippen molar-refractivity contribution in [3.8, 4) is 5.75 Å². The third-order valence-corrected chi connectivity index (χ3v) is 7.31. The highest BCUT2D eigenvalue weighted by Gasteiger charge is 2.45. The highest BCUT2D eigenvalue weighted by molar-refractivity contribution is 6.05. The fourth-order valence-electron chi connectivity index (χ4n) is 5.37. The van der Waals surface area contributed by atoms with Crippen LogP contribution in [0.15, 0.2) is 12.1 Å². The Kier molecular flexibility index (Phi) is 9.46. The first-order chi connectivity index (χ1) is 18.6. The molecule has 222 valence electrons. The molecule has 40 heavy (non-hydrogen) atoms.